The van der Waals surface area contributed by atoms with Crippen molar-refractivity contribution in [3.05, 3.63) is 53.7 Å². The van der Waals surface area contributed by atoms with Crippen LogP contribution in [0.25, 0.3) is 0 Å². The van der Waals surface area contributed by atoms with Crippen molar-refractivity contribution in [1.29, 1.82) is 0 Å². The molecule has 18 heavy (non-hydrogen) atoms. The number of rotatable bonds is 3. The number of hydrogen-bond acceptors (Lipinski definition) is 3. The summed E-state index contributed by atoms with van der Waals surface area (Å²) in [5, 5.41) is 0. The highest BCUT2D eigenvalue weighted by Crippen LogP contribution is 2.32. The molecule has 3 heteroatoms. The van der Waals surface area contributed by atoms with Crippen molar-refractivity contribution >= 4 is 11.5 Å². The van der Waals surface area contributed by atoms with E-state index in [4.69, 9.17) is 11.5 Å². The van der Waals surface area contributed by atoms with Gasteiger partial charge in [-0.2, -0.15) is 0 Å². The number of nitrogen functional groups attached to an aromatic ring is 2. The van der Waals surface area contributed by atoms with Crippen molar-refractivity contribution in [2.24, 2.45) is 0 Å². The molecule has 0 fully saturated rings. The molecule has 4 N–H and O–H groups in total. The van der Waals surface area contributed by atoms with Crippen LogP contribution in [0.3, 0.4) is 0 Å². The molecule has 2 rings (SSSR count). The van der Waals surface area contributed by atoms with Crippen LogP contribution in [0.15, 0.2) is 42.6 Å². The van der Waals surface area contributed by atoms with E-state index in [2.05, 4.69) is 31.0 Å². The van der Waals surface area contributed by atoms with Crippen molar-refractivity contribution in [2.45, 2.75) is 25.7 Å². The molecule has 2 aromatic rings. The van der Waals surface area contributed by atoms with Crippen molar-refractivity contribution in [2.75, 3.05) is 11.5 Å². The molecule has 0 aliphatic rings. The quantitative estimate of drug-likeness (QED) is 0.811. The van der Waals surface area contributed by atoms with Crippen molar-refractivity contribution < 1.29 is 0 Å². The number of hydrogen-bond donors (Lipinski definition) is 2. The number of anilines is 2. The van der Waals surface area contributed by atoms with E-state index >= 15 is 0 Å². The van der Waals surface area contributed by atoms with Gasteiger partial charge in [0.05, 0.1) is 0 Å². The van der Waals surface area contributed by atoms with Crippen molar-refractivity contribution in [1.82, 2.24) is 4.98 Å². The van der Waals surface area contributed by atoms with Crippen LogP contribution >= 0.6 is 0 Å². The predicted molar refractivity (Wildman–Crippen MR) is 76.3 cm³/mol. The number of benzene rings is 1. The van der Waals surface area contributed by atoms with Gasteiger partial charge in [-0.3, -0.25) is 0 Å². The maximum absolute atomic E-state index is 5.71. The Bertz CT molecular complexity index is 453. The van der Waals surface area contributed by atoms with E-state index in [0.29, 0.717) is 17.7 Å². The van der Waals surface area contributed by atoms with Crippen LogP contribution in [0.2, 0.25) is 0 Å². The van der Waals surface area contributed by atoms with Gasteiger partial charge in [0, 0.05) is 11.9 Å². The summed E-state index contributed by atoms with van der Waals surface area (Å²) in [5.41, 5.74) is 14.6. The summed E-state index contributed by atoms with van der Waals surface area (Å²) in [6.45, 7) is 4.42. The summed E-state index contributed by atoms with van der Waals surface area (Å²) >= 11 is 0. The zero-order valence-electron chi connectivity index (χ0n) is 10.8. The van der Waals surface area contributed by atoms with E-state index in [0.717, 1.165) is 5.69 Å². The third-order valence-electron chi connectivity index (χ3n) is 3.55. The Morgan fingerprint density at radius 1 is 0.833 bits per heavy atom. The molecule has 0 saturated carbocycles. The monoisotopic (exact) mass is 241 g/mol. The molecule has 94 valence electrons. The van der Waals surface area contributed by atoms with E-state index in [1.165, 1.54) is 11.1 Å². The topological polar surface area (TPSA) is 64.9 Å². The van der Waals surface area contributed by atoms with Gasteiger partial charge in [-0.25, -0.2) is 4.98 Å². The maximum atomic E-state index is 5.71. The second-order valence-corrected chi connectivity index (χ2v) is 4.76. The van der Waals surface area contributed by atoms with E-state index in [1.807, 2.05) is 30.5 Å². The Labute approximate surface area is 108 Å². The van der Waals surface area contributed by atoms with E-state index in [1.54, 1.807) is 0 Å². The molecule has 0 aliphatic carbocycles. The number of nitrogens with two attached hydrogens (primary N) is 2. The van der Waals surface area contributed by atoms with E-state index < -0.39 is 0 Å². The molecule has 1 aromatic carbocycles. The van der Waals surface area contributed by atoms with Crippen LogP contribution in [0.5, 0.6) is 0 Å². The fraction of sp³-hybridized carbons (Fsp3) is 0.267. The standard InChI is InChI=1S/C15H19N3/c1-10(12-3-6-14(16)7-4-12)11(2)13-5-8-15(17)18-9-13/h3-11H,16H2,1-2H3,(H2,17,18). The second-order valence-electron chi connectivity index (χ2n) is 4.76. The lowest BCUT2D eigenvalue weighted by atomic mass is 9.85. The van der Waals surface area contributed by atoms with Gasteiger partial charge in [0.2, 0.25) is 0 Å². The van der Waals surface area contributed by atoms with E-state index in [-0.39, 0.29) is 0 Å². The second kappa shape index (κ2) is 5.08. The molecule has 0 aliphatic heterocycles. The Morgan fingerprint density at radius 2 is 1.39 bits per heavy atom. The van der Waals surface area contributed by atoms with Gasteiger partial charge < -0.3 is 11.5 Å². The summed E-state index contributed by atoms with van der Waals surface area (Å²) in [4.78, 5) is 4.15. The summed E-state index contributed by atoms with van der Waals surface area (Å²) < 4.78 is 0. The molecular weight excluding hydrogens is 222 g/mol. The molecule has 0 spiro atoms. The average Bonchev–Trinajstić information content (AvgIpc) is 2.39. The fourth-order valence-corrected chi connectivity index (χ4v) is 2.06. The third-order valence-corrected chi connectivity index (χ3v) is 3.55. The van der Waals surface area contributed by atoms with Gasteiger partial charge in [0.25, 0.3) is 0 Å². The van der Waals surface area contributed by atoms with Crippen LogP contribution in [0.4, 0.5) is 11.5 Å². The SMILES string of the molecule is CC(c1ccc(N)cc1)C(C)c1ccc(N)nc1. The Morgan fingerprint density at radius 3 is 1.94 bits per heavy atom. The minimum Gasteiger partial charge on any atom is -0.399 e. The Hall–Kier alpha value is -2.03. The summed E-state index contributed by atoms with van der Waals surface area (Å²) in [6.07, 6.45) is 1.85. The number of nitrogens with zero attached hydrogens (tertiary/aromatic N) is 1. The molecule has 0 bridgehead atoms. The fourth-order valence-electron chi connectivity index (χ4n) is 2.06. The first-order valence-corrected chi connectivity index (χ1v) is 6.15. The highest BCUT2D eigenvalue weighted by molar-refractivity contribution is 5.41. The van der Waals surface area contributed by atoms with Gasteiger partial charge in [-0.05, 0) is 41.2 Å². The zero-order valence-corrected chi connectivity index (χ0v) is 10.8. The largest absolute Gasteiger partial charge is 0.399 e. The number of pyridine rings is 1. The minimum absolute atomic E-state index is 0.390. The first-order valence-electron chi connectivity index (χ1n) is 6.15. The van der Waals surface area contributed by atoms with E-state index in [9.17, 15) is 0 Å². The summed E-state index contributed by atoms with van der Waals surface area (Å²) in [5.74, 6) is 1.36. The Kier molecular flexibility index (Phi) is 3.51. The van der Waals surface area contributed by atoms with Gasteiger partial charge in [0.1, 0.15) is 5.82 Å². The van der Waals surface area contributed by atoms with Crippen LogP contribution in [-0.4, -0.2) is 4.98 Å². The van der Waals surface area contributed by atoms with Gasteiger partial charge in [-0.1, -0.05) is 32.0 Å². The lowest BCUT2D eigenvalue weighted by Crippen LogP contribution is -2.06. The van der Waals surface area contributed by atoms with Gasteiger partial charge in [0.15, 0.2) is 0 Å². The maximum Gasteiger partial charge on any atom is 0.123 e. The van der Waals surface area contributed by atoms with Crippen LogP contribution in [-0.2, 0) is 0 Å². The molecule has 1 heterocycles. The van der Waals surface area contributed by atoms with Crippen LogP contribution in [0.1, 0.15) is 36.8 Å². The molecule has 2 atom stereocenters. The molecule has 0 radical (unpaired) electrons. The molecule has 2 unspecified atom stereocenters. The Balaban J connectivity index is 2.20. The molecular formula is C15H19N3. The highest BCUT2D eigenvalue weighted by Gasteiger charge is 2.16. The summed E-state index contributed by atoms with van der Waals surface area (Å²) in [6, 6.07) is 11.9. The highest BCUT2D eigenvalue weighted by atomic mass is 14.8. The predicted octanol–water partition coefficient (Wildman–Crippen LogP) is 3.15. The smallest absolute Gasteiger partial charge is 0.123 e. The molecule has 0 amide bonds. The first-order chi connectivity index (χ1) is 8.58. The lowest BCUT2D eigenvalue weighted by molar-refractivity contribution is 0.622. The van der Waals surface area contributed by atoms with Crippen molar-refractivity contribution in [3.8, 4) is 0 Å². The summed E-state index contributed by atoms with van der Waals surface area (Å²) in [7, 11) is 0. The average molecular weight is 241 g/mol. The molecule has 1 aromatic heterocycles. The lowest BCUT2D eigenvalue weighted by Gasteiger charge is -2.20. The van der Waals surface area contributed by atoms with Crippen molar-refractivity contribution in [3.63, 3.8) is 0 Å². The van der Waals surface area contributed by atoms with Crippen LogP contribution in [0, 0.1) is 0 Å². The molecule has 0 saturated heterocycles. The van der Waals surface area contributed by atoms with Gasteiger partial charge in [-0.15, -0.1) is 0 Å². The zero-order chi connectivity index (χ0) is 13.1. The normalized spacial score (nSPS) is 14.1. The van der Waals surface area contributed by atoms with Gasteiger partial charge >= 0.3 is 0 Å². The van der Waals surface area contributed by atoms with Crippen LogP contribution < -0.4 is 11.5 Å². The third kappa shape index (κ3) is 2.62. The number of aromatic nitrogens is 1. The molecule has 3 nitrogen and oxygen atoms in total. The minimum atomic E-state index is 0.390. The first kappa shape index (κ1) is 12.4.